The number of aromatic nitrogens is 1. The summed E-state index contributed by atoms with van der Waals surface area (Å²) >= 11 is 1.43. The molecule has 0 fully saturated rings. The van der Waals surface area contributed by atoms with Crippen LogP contribution in [0, 0.1) is 25.2 Å². The second kappa shape index (κ2) is 8.59. The van der Waals surface area contributed by atoms with Gasteiger partial charge in [-0.05, 0) is 55.3 Å². The molecule has 142 valence electrons. The zero-order valence-electron chi connectivity index (χ0n) is 16.2. The van der Waals surface area contributed by atoms with Gasteiger partial charge in [0.2, 0.25) is 0 Å². The molecule has 0 radical (unpaired) electrons. The average molecular weight is 391 g/mol. The number of rotatable bonds is 6. The SMILES string of the molecule is COc1ccc(-c2csc(C(C#N)=CNc3cc(C)cc(C)c3)n2)cc1OC. The van der Waals surface area contributed by atoms with Gasteiger partial charge in [-0.25, -0.2) is 4.98 Å². The van der Waals surface area contributed by atoms with Crippen molar-refractivity contribution in [2.75, 3.05) is 19.5 Å². The molecule has 0 bridgehead atoms. The molecular formula is C22H21N3O2S. The van der Waals surface area contributed by atoms with E-state index in [1.54, 1.807) is 20.4 Å². The molecule has 3 rings (SSSR count). The molecule has 0 spiro atoms. The van der Waals surface area contributed by atoms with Gasteiger partial charge >= 0.3 is 0 Å². The number of benzene rings is 2. The second-order valence-electron chi connectivity index (χ2n) is 6.30. The fraction of sp³-hybridized carbons (Fsp3) is 0.182. The molecule has 0 aliphatic heterocycles. The summed E-state index contributed by atoms with van der Waals surface area (Å²) in [6.45, 7) is 4.09. The molecule has 3 aromatic rings. The van der Waals surface area contributed by atoms with E-state index in [0.717, 1.165) is 16.9 Å². The number of nitrogens with zero attached hydrogens (tertiary/aromatic N) is 2. The molecule has 0 unspecified atom stereocenters. The topological polar surface area (TPSA) is 67.2 Å². The Morgan fingerprint density at radius 2 is 1.79 bits per heavy atom. The summed E-state index contributed by atoms with van der Waals surface area (Å²) in [6.07, 6.45) is 1.70. The molecule has 0 saturated heterocycles. The molecule has 1 heterocycles. The van der Waals surface area contributed by atoms with Crippen LogP contribution in [-0.2, 0) is 0 Å². The second-order valence-corrected chi connectivity index (χ2v) is 7.16. The molecule has 2 aromatic carbocycles. The van der Waals surface area contributed by atoms with Crippen molar-refractivity contribution in [3.05, 3.63) is 64.1 Å². The van der Waals surface area contributed by atoms with Crippen LogP contribution in [0.3, 0.4) is 0 Å². The van der Waals surface area contributed by atoms with Crippen molar-refractivity contribution in [2.45, 2.75) is 13.8 Å². The number of hydrogen-bond acceptors (Lipinski definition) is 6. The van der Waals surface area contributed by atoms with E-state index < -0.39 is 0 Å². The standard InChI is InChI=1S/C22H21N3O2S/c1-14-7-15(2)9-18(8-14)24-12-17(11-23)22-25-19(13-28-22)16-5-6-20(26-3)21(10-16)27-4/h5-10,12-13,24H,1-4H3. The van der Waals surface area contributed by atoms with Gasteiger partial charge in [-0.15, -0.1) is 11.3 Å². The summed E-state index contributed by atoms with van der Waals surface area (Å²) in [6, 6.07) is 14.0. The number of nitrogens with one attached hydrogen (secondary N) is 1. The van der Waals surface area contributed by atoms with E-state index in [1.807, 2.05) is 49.6 Å². The van der Waals surface area contributed by atoms with Gasteiger partial charge in [-0.3, -0.25) is 0 Å². The predicted molar refractivity (Wildman–Crippen MR) is 114 cm³/mol. The molecule has 0 amide bonds. The fourth-order valence-corrected chi connectivity index (χ4v) is 3.68. The number of methoxy groups -OCH3 is 2. The Labute approximate surface area is 168 Å². The van der Waals surface area contributed by atoms with E-state index >= 15 is 0 Å². The third kappa shape index (κ3) is 4.33. The molecule has 0 atom stereocenters. The van der Waals surface area contributed by atoms with Crippen molar-refractivity contribution in [1.82, 2.24) is 4.98 Å². The number of aryl methyl sites for hydroxylation is 2. The van der Waals surface area contributed by atoms with Gasteiger partial charge < -0.3 is 14.8 Å². The Morgan fingerprint density at radius 1 is 1.07 bits per heavy atom. The first-order chi connectivity index (χ1) is 13.5. The first-order valence-corrected chi connectivity index (χ1v) is 9.55. The lowest BCUT2D eigenvalue weighted by atomic mass is 10.1. The zero-order valence-corrected chi connectivity index (χ0v) is 17.1. The lowest BCUT2D eigenvalue weighted by Crippen LogP contribution is -1.93. The largest absolute Gasteiger partial charge is 0.493 e. The van der Waals surface area contributed by atoms with Crippen LogP contribution in [0.25, 0.3) is 16.8 Å². The van der Waals surface area contributed by atoms with Crippen molar-refractivity contribution in [2.24, 2.45) is 0 Å². The predicted octanol–water partition coefficient (Wildman–Crippen LogP) is 5.42. The molecule has 1 aromatic heterocycles. The summed E-state index contributed by atoms with van der Waals surface area (Å²) < 4.78 is 10.6. The maximum Gasteiger partial charge on any atom is 0.161 e. The maximum absolute atomic E-state index is 9.57. The number of anilines is 1. The highest BCUT2D eigenvalue weighted by molar-refractivity contribution is 7.11. The maximum atomic E-state index is 9.57. The Morgan fingerprint density at radius 3 is 2.43 bits per heavy atom. The molecule has 0 aliphatic carbocycles. The minimum Gasteiger partial charge on any atom is -0.493 e. The van der Waals surface area contributed by atoms with Crippen LogP contribution in [0.5, 0.6) is 11.5 Å². The number of nitriles is 1. The van der Waals surface area contributed by atoms with E-state index in [0.29, 0.717) is 22.1 Å². The third-order valence-electron chi connectivity index (χ3n) is 4.14. The molecular weight excluding hydrogens is 370 g/mol. The highest BCUT2D eigenvalue weighted by Gasteiger charge is 2.12. The van der Waals surface area contributed by atoms with Gasteiger partial charge in [0.1, 0.15) is 16.6 Å². The van der Waals surface area contributed by atoms with E-state index in [-0.39, 0.29) is 0 Å². The minimum atomic E-state index is 0.482. The van der Waals surface area contributed by atoms with Crippen LogP contribution >= 0.6 is 11.3 Å². The van der Waals surface area contributed by atoms with E-state index in [9.17, 15) is 5.26 Å². The first-order valence-electron chi connectivity index (χ1n) is 8.67. The minimum absolute atomic E-state index is 0.482. The van der Waals surface area contributed by atoms with Gasteiger partial charge in [0.25, 0.3) is 0 Å². The van der Waals surface area contributed by atoms with Crippen LogP contribution in [0.4, 0.5) is 5.69 Å². The van der Waals surface area contributed by atoms with E-state index in [1.165, 1.54) is 22.5 Å². The van der Waals surface area contributed by atoms with E-state index in [2.05, 4.69) is 22.4 Å². The lowest BCUT2D eigenvalue weighted by molar-refractivity contribution is 0.355. The van der Waals surface area contributed by atoms with Gasteiger partial charge in [0.15, 0.2) is 11.5 Å². The highest BCUT2D eigenvalue weighted by atomic mass is 32.1. The third-order valence-corrected chi connectivity index (χ3v) is 5.01. The fourth-order valence-electron chi connectivity index (χ4n) is 2.88. The molecule has 0 aliphatic rings. The quantitative estimate of drug-likeness (QED) is 0.568. The first kappa shape index (κ1) is 19.5. The molecule has 6 heteroatoms. The number of hydrogen-bond donors (Lipinski definition) is 1. The van der Waals surface area contributed by atoms with Crippen LogP contribution in [0.15, 0.2) is 48.0 Å². The van der Waals surface area contributed by atoms with E-state index in [4.69, 9.17) is 9.47 Å². The lowest BCUT2D eigenvalue weighted by Gasteiger charge is -2.08. The van der Waals surface area contributed by atoms with Crippen LogP contribution in [0.2, 0.25) is 0 Å². The number of ether oxygens (including phenoxy) is 2. The van der Waals surface area contributed by atoms with Crippen molar-refractivity contribution in [1.29, 1.82) is 5.26 Å². The number of allylic oxidation sites excluding steroid dienone is 1. The summed E-state index contributed by atoms with van der Waals surface area (Å²) in [4.78, 5) is 4.62. The van der Waals surface area contributed by atoms with Crippen LogP contribution in [-0.4, -0.2) is 19.2 Å². The van der Waals surface area contributed by atoms with Crippen LogP contribution in [0.1, 0.15) is 16.1 Å². The molecule has 1 N–H and O–H groups in total. The van der Waals surface area contributed by atoms with Gasteiger partial charge in [-0.1, -0.05) is 6.07 Å². The van der Waals surface area contributed by atoms with Crippen LogP contribution < -0.4 is 14.8 Å². The Bertz CT molecular complexity index is 1040. The van der Waals surface area contributed by atoms with Gasteiger partial charge in [0, 0.05) is 22.8 Å². The zero-order chi connectivity index (χ0) is 20.1. The number of thiazole rings is 1. The van der Waals surface area contributed by atoms with Gasteiger partial charge in [0.05, 0.1) is 19.9 Å². The van der Waals surface area contributed by atoms with Crippen molar-refractivity contribution < 1.29 is 9.47 Å². The van der Waals surface area contributed by atoms with Crippen molar-refractivity contribution >= 4 is 22.6 Å². The summed E-state index contributed by atoms with van der Waals surface area (Å²) in [5.74, 6) is 1.30. The normalized spacial score (nSPS) is 11.0. The summed E-state index contributed by atoms with van der Waals surface area (Å²) in [5.41, 5.74) is 5.45. The Balaban J connectivity index is 1.86. The Kier molecular flexibility index (Phi) is 5.97. The molecule has 0 saturated carbocycles. The summed E-state index contributed by atoms with van der Waals surface area (Å²) in [7, 11) is 3.20. The molecule has 5 nitrogen and oxygen atoms in total. The van der Waals surface area contributed by atoms with Crippen molar-refractivity contribution in [3.63, 3.8) is 0 Å². The molecule has 28 heavy (non-hydrogen) atoms. The van der Waals surface area contributed by atoms with Crippen molar-refractivity contribution in [3.8, 4) is 28.8 Å². The highest BCUT2D eigenvalue weighted by Crippen LogP contribution is 2.33. The smallest absolute Gasteiger partial charge is 0.161 e. The van der Waals surface area contributed by atoms with Gasteiger partial charge in [-0.2, -0.15) is 5.26 Å². The average Bonchev–Trinajstić information content (AvgIpc) is 3.17. The summed E-state index contributed by atoms with van der Waals surface area (Å²) in [5, 5.41) is 15.4. The monoisotopic (exact) mass is 391 g/mol. The Hall–Kier alpha value is -3.30.